The highest BCUT2D eigenvalue weighted by Crippen LogP contribution is 2.27. The number of hydrogen-bond acceptors (Lipinski definition) is 5. The molecule has 0 aliphatic heterocycles. The van der Waals surface area contributed by atoms with Crippen LogP contribution in [-0.2, 0) is 26.2 Å². The molecule has 1 N–H and O–H groups in total. The molecule has 0 bridgehead atoms. The van der Waals surface area contributed by atoms with Crippen LogP contribution in [0.3, 0.4) is 0 Å². The fourth-order valence-corrected chi connectivity index (χ4v) is 5.45. The van der Waals surface area contributed by atoms with Crippen molar-refractivity contribution in [1.29, 1.82) is 0 Å². The molecule has 0 heterocycles. The molecule has 1 atom stereocenters. The van der Waals surface area contributed by atoms with Crippen LogP contribution in [0.25, 0.3) is 0 Å². The lowest BCUT2D eigenvalue weighted by atomic mass is 10.1. The summed E-state index contributed by atoms with van der Waals surface area (Å²) >= 11 is 6.05. The fraction of sp³-hybridized carbons (Fsp3) is 0.310. The SMILES string of the molecule is CCCCNC(=O)C(C)N(Cc1ccccc1)C(=O)CN(c1ccc(Cl)cc1)S(=O)(=O)c1ccc(OC)cc1. The number of anilines is 1. The lowest BCUT2D eigenvalue weighted by Gasteiger charge is -2.32. The van der Waals surface area contributed by atoms with Gasteiger partial charge in [-0.05, 0) is 67.4 Å². The van der Waals surface area contributed by atoms with Gasteiger partial charge >= 0.3 is 0 Å². The van der Waals surface area contributed by atoms with E-state index >= 15 is 0 Å². The van der Waals surface area contributed by atoms with Crippen LogP contribution in [-0.4, -0.2) is 51.4 Å². The number of halogens is 1. The fourth-order valence-electron chi connectivity index (χ4n) is 3.91. The molecular formula is C29H34ClN3O5S. The molecule has 2 amide bonds. The van der Waals surface area contributed by atoms with Crippen LogP contribution < -0.4 is 14.4 Å². The van der Waals surface area contributed by atoms with Crippen LogP contribution >= 0.6 is 11.6 Å². The predicted molar refractivity (Wildman–Crippen MR) is 153 cm³/mol. The second-order valence-electron chi connectivity index (χ2n) is 8.99. The van der Waals surface area contributed by atoms with E-state index in [-0.39, 0.29) is 23.0 Å². The minimum Gasteiger partial charge on any atom is -0.497 e. The van der Waals surface area contributed by atoms with Gasteiger partial charge in [-0.15, -0.1) is 0 Å². The number of sulfonamides is 1. The largest absolute Gasteiger partial charge is 0.497 e. The Bertz CT molecular complexity index is 1330. The topological polar surface area (TPSA) is 96.0 Å². The van der Waals surface area contributed by atoms with Gasteiger partial charge in [0.15, 0.2) is 0 Å². The monoisotopic (exact) mass is 571 g/mol. The van der Waals surface area contributed by atoms with Crippen molar-refractivity contribution in [3.63, 3.8) is 0 Å². The standard InChI is InChI=1S/C29H34ClN3O5S/c1-4-5-19-31-29(35)22(2)32(20-23-9-7-6-8-10-23)28(34)21-33(25-13-11-24(30)12-14-25)39(36,37)27-17-15-26(38-3)16-18-27/h6-18,22H,4-5,19-21H2,1-3H3,(H,31,35). The van der Waals surface area contributed by atoms with Crippen molar-refractivity contribution in [1.82, 2.24) is 10.2 Å². The zero-order chi connectivity index (χ0) is 28.4. The number of methoxy groups -OCH3 is 1. The van der Waals surface area contributed by atoms with Gasteiger partial charge in [-0.3, -0.25) is 13.9 Å². The van der Waals surface area contributed by atoms with Gasteiger partial charge in [-0.1, -0.05) is 55.3 Å². The van der Waals surface area contributed by atoms with E-state index in [1.807, 2.05) is 37.3 Å². The number of benzene rings is 3. The third kappa shape index (κ3) is 7.97. The number of carbonyl (C=O) groups is 2. The van der Waals surface area contributed by atoms with E-state index in [0.717, 1.165) is 22.7 Å². The highest BCUT2D eigenvalue weighted by atomic mass is 35.5. The summed E-state index contributed by atoms with van der Waals surface area (Å²) in [5.74, 6) is -0.326. The molecule has 10 heteroatoms. The first-order chi connectivity index (χ1) is 18.7. The number of hydrogen-bond donors (Lipinski definition) is 1. The average Bonchev–Trinajstić information content (AvgIpc) is 2.95. The van der Waals surface area contributed by atoms with Crippen molar-refractivity contribution in [3.8, 4) is 5.75 Å². The number of rotatable bonds is 13. The Morgan fingerprint density at radius 2 is 1.62 bits per heavy atom. The van der Waals surface area contributed by atoms with Gasteiger partial charge in [0.05, 0.1) is 17.7 Å². The molecule has 3 aromatic carbocycles. The first-order valence-electron chi connectivity index (χ1n) is 12.7. The van der Waals surface area contributed by atoms with E-state index in [2.05, 4.69) is 5.32 Å². The summed E-state index contributed by atoms with van der Waals surface area (Å²) in [6.45, 7) is 3.78. The molecule has 1 unspecified atom stereocenters. The molecule has 0 radical (unpaired) electrons. The van der Waals surface area contributed by atoms with Gasteiger partial charge in [0, 0.05) is 18.1 Å². The maximum Gasteiger partial charge on any atom is 0.264 e. The number of ether oxygens (including phenoxy) is 1. The van der Waals surface area contributed by atoms with Crippen molar-refractivity contribution in [2.75, 3.05) is 24.5 Å². The smallest absolute Gasteiger partial charge is 0.264 e. The lowest BCUT2D eigenvalue weighted by molar-refractivity contribution is -0.139. The van der Waals surface area contributed by atoms with Gasteiger partial charge in [0.1, 0.15) is 18.3 Å². The zero-order valence-electron chi connectivity index (χ0n) is 22.3. The Hall–Kier alpha value is -3.56. The average molecular weight is 572 g/mol. The molecule has 0 fully saturated rings. The summed E-state index contributed by atoms with van der Waals surface area (Å²) in [6, 6.07) is 20.6. The molecule has 208 valence electrons. The van der Waals surface area contributed by atoms with E-state index in [0.29, 0.717) is 17.3 Å². The van der Waals surface area contributed by atoms with Crippen molar-refractivity contribution in [3.05, 3.63) is 89.4 Å². The zero-order valence-corrected chi connectivity index (χ0v) is 23.9. The molecule has 3 rings (SSSR count). The van der Waals surface area contributed by atoms with E-state index in [1.165, 1.54) is 24.1 Å². The van der Waals surface area contributed by atoms with E-state index < -0.39 is 28.5 Å². The first-order valence-corrected chi connectivity index (χ1v) is 14.5. The Morgan fingerprint density at radius 3 is 2.21 bits per heavy atom. The molecule has 8 nitrogen and oxygen atoms in total. The Labute approximate surface area is 235 Å². The molecular weight excluding hydrogens is 538 g/mol. The highest BCUT2D eigenvalue weighted by Gasteiger charge is 2.32. The predicted octanol–water partition coefficient (Wildman–Crippen LogP) is 4.88. The van der Waals surface area contributed by atoms with E-state index in [4.69, 9.17) is 16.3 Å². The normalized spacial score (nSPS) is 11.9. The van der Waals surface area contributed by atoms with Crippen LogP contribution in [0, 0.1) is 0 Å². The molecule has 0 aliphatic rings. The maximum absolute atomic E-state index is 13.8. The van der Waals surface area contributed by atoms with Gasteiger partial charge in [0.2, 0.25) is 11.8 Å². The van der Waals surface area contributed by atoms with Crippen LogP contribution in [0.5, 0.6) is 5.75 Å². The second-order valence-corrected chi connectivity index (χ2v) is 11.3. The van der Waals surface area contributed by atoms with Gasteiger partial charge in [0.25, 0.3) is 10.0 Å². The highest BCUT2D eigenvalue weighted by molar-refractivity contribution is 7.92. The number of nitrogens with one attached hydrogen (secondary N) is 1. The summed E-state index contributed by atoms with van der Waals surface area (Å²) in [7, 11) is -2.68. The van der Waals surface area contributed by atoms with Gasteiger partial charge in [-0.25, -0.2) is 8.42 Å². The van der Waals surface area contributed by atoms with Crippen LogP contribution in [0.1, 0.15) is 32.3 Å². The minimum atomic E-state index is -4.17. The summed E-state index contributed by atoms with van der Waals surface area (Å²) < 4.78 is 33.8. The number of carbonyl (C=O) groups excluding carboxylic acids is 2. The van der Waals surface area contributed by atoms with E-state index in [1.54, 1.807) is 43.3 Å². The van der Waals surface area contributed by atoms with Gasteiger partial charge < -0.3 is 15.0 Å². The molecule has 39 heavy (non-hydrogen) atoms. The molecule has 0 saturated carbocycles. The van der Waals surface area contributed by atoms with E-state index in [9.17, 15) is 18.0 Å². The Balaban J connectivity index is 1.98. The third-order valence-corrected chi connectivity index (χ3v) is 8.27. The quantitative estimate of drug-likeness (QED) is 0.295. The molecule has 0 spiro atoms. The Morgan fingerprint density at radius 1 is 0.974 bits per heavy atom. The van der Waals surface area contributed by atoms with Crippen molar-refractivity contribution < 1.29 is 22.7 Å². The van der Waals surface area contributed by atoms with Crippen LogP contribution in [0.4, 0.5) is 5.69 Å². The number of amides is 2. The summed E-state index contributed by atoms with van der Waals surface area (Å²) in [5.41, 5.74) is 1.08. The maximum atomic E-state index is 13.8. The first kappa shape index (κ1) is 30.0. The van der Waals surface area contributed by atoms with Gasteiger partial charge in [-0.2, -0.15) is 0 Å². The third-order valence-electron chi connectivity index (χ3n) is 6.23. The molecule has 0 aromatic heterocycles. The molecule has 0 aliphatic carbocycles. The Kier molecular flexibility index (Phi) is 10.8. The molecule has 3 aromatic rings. The summed E-state index contributed by atoms with van der Waals surface area (Å²) in [5, 5.41) is 3.30. The van der Waals surface area contributed by atoms with Crippen molar-refractivity contribution >= 4 is 39.1 Å². The number of nitrogens with zero attached hydrogens (tertiary/aromatic N) is 2. The lowest BCUT2D eigenvalue weighted by Crippen LogP contribution is -2.51. The van der Waals surface area contributed by atoms with Crippen molar-refractivity contribution in [2.45, 2.75) is 44.2 Å². The molecule has 0 saturated heterocycles. The minimum absolute atomic E-state index is 0.00832. The number of unbranched alkanes of at least 4 members (excludes halogenated alkanes) is 1. The summed E-state index contributed by atoms with van der Waals surface area (Å²) in [4.78, 5) is 28.2. The van der Waals surface area contributed by atoms with Crippen molar-refractivity contribution in [2.24, 2.45) is 0 Å². The summed E-state index contributed by atoms with van der Waals surface area (Å²) in [6.07, 6.45) is 1.73. The van der Waals surface area contributed by atoms with Crippen LogP contribution in [0.15, 0.2) is 83.8 Å². The van der Waals surface area contributed by atoms with Crippen LogP contribution in [0.2, 0.25) is 5.02 Å². The second kappa shape index (κ2) is 14.0.